The van der Waals surface area contributed by atoms with Gasteiger partial charge in [-0.05, 0) is 18.2 Å². The predicted molar refractivity (Wildman–Crippen MR) is 101 cm³/mol. The fourth-order valence-corrected chi connectivity index (χ4v) is 4.41. The van der Waals surface area contributed by atoms with E-state index in [1.54, 1.807) is 24.3 Å². The van der Waals surface area contributed by atoms with Crippen LogP contribution < -0.4 is 23.8 Å². The van der Waals surface area contributed by atoms with Gasteiger partial charge in [-0.25, -0.2) is 0 Å². The number of methoxy groups -OCH3 is 2. The van der Waals surface area contributed by atoms with Gasteiger partial charge >= 0.3 is 0 Å². The second-order valence-electron chi connectivity index (χ2n) is 5.99. The number of nitro groups is 1. The van der Waals surface area contributed by atoms with Gasteiger partial charge in [-0.15, -0.1) is 11.8 Å². The number of benzene rings is 2. The number of rotatable bonds is 5. The minimum Gasteiger partial charge on any atom is -0.493 e. The molecule has 146 valence electrons. The third-order valence-corrected chi connectivity index (χ3v) is 5.69. The second-order valence-corrected chi connectivity index (χ2v) is 7.06. The van der Waals surface area contributed by atoms with Gasteiger partial charge in [0.15, 0.2) is 23.0 Å². The zero-order chi connectivity index (χ0) is 19.8. The molecule has 0 radical (unpaired) electrons. The molecule has 0 N–H and O–H groups in total. The highest BCUT2D eigenvalue weighted by Gasteiger charge is 2.39. The lowest BCUT2D eigenvalue weighted by Crippen LogP contribution is -2.28. The van der Waals surface area contributed by atoms with Crippen LogP contribution in [0.3, 0.4) is 0 Å². The van der Waals surface area contributed by atoms with E-state index in [9.17, 15) is 14.9 Å². The van der Waals surface area contributed by atoms with Gasteiger partial charge in [0.1, 0.15) is 5.37 Å². The minimum absolute atomic E-state index is 0.00603. The van der Waals surface area contributed by atoms with Crippen molar-refractivity contribution in [2.45, 2.75) is 5.37 Å². The van der Waals surface area contributed by atoms with E-state index in [2.05, 4.69) is 0 Å². The van der Waals surface area contributed by atoms with Crippen LogP contribution >= 0.6 is 11.8 Å². The summed E-state index contributed by atoms with van der Waals surface area (Å²) in [6.07, 6.45) is 0. The van der Waals surface area contributed by atoms with E-state index in [-0.39, 0.29) is 24.1 Å². The lowest BCUT2D eigenvalue weighted by Gasteiger charge is -2.25. The van der Waals surface area contributed by atoms with Crippen LogP contribution in [0.1, 0.15) is 10.9 Å². The lowest BCUT2D eigenvalue weighted by atomic mass is 10.1. The normalized spacial score (nSPS) is 17.7. The van der Waals surface area contributed by atoms with Crippen molar-refractivity contribution in [2.75, 3.05) is 31.7 Å². The molecule has 2 aliphatic rings. The maximum atomic E-state index is 12.6. The summed E-state index contributed by atoms with van der Waals surface area (Å²) in [5.41, 5.74) is 0.812. The van der Waals surface area contributed by atoms with Gasteiger partial charge in [-0.3, -0.25) is 19.8 Å². The number of carbonyl (C=O) groups excluding carboxylic acids is 1. The highest BCUT2D eigenvalue weighted by molar-refractivity contribution is 8.00. The number of anilines is 1. The topological polar surface area (TPSA) is 100 Å². The maximum Gasteiger partial charge on any atom is 0.279 e. The zero-order valence-corrected chi connectivity index (χ0v) is 15.9. The average molecular weight is 404 g/mol. The molecule has 0 aromatic heterocycles. The molecule has 2 aromatic carbocycles. The molecule has 0 bridgehead atoms. The van der Waals surface area contributed by atoms with E-state index in [0.29, 0.717) is 34.2 Å². The van der Waals surface area contributed by atoms with Crippen molar-refractivity contribution in [2.24, 2.45) is 0 Å². The molecule has 2 aliphatic heterocycles. The van der Waals surface area contributed by atoms with Crippen LogP contribution in [0.15, 0.2) is 30.3 Å². The van der Waals surface area contributed by atoms with Crippen molar-refractivity contribution in [3.8, 4) is 23.0 Å². The summed E-state index contributed by atoms with van der Waals surface area (Å²) in [5, 5.41) is 11.1. The summed E-state index contributed by atoms with van der Waals surface area (Å²) in [6, 6.07) is 8.00. The number of amides is 1. The first-order chi connectivity index (χ1) is 13.5. The van der Waals surface area contributed by atoms with Gasteiger partial charge < -0.3 is 18.9 Å². The van der Waals surface area contributed by atoms with Gasteiger partial charge in [0.25, 0.3) is 5.69 Å². The molecule has 2 aromatic rings. The van der Waals surface area contributed by atoms with Crippen LogP contribution in [0, 0.1) is 10.1 Å². The number of thioether (sulfide) groups is 1. The molecule has 2 heterocycles. The van der Waals surface area contributed by atoms with Crippen molar-refractivity contribution >= 4 is 29.0 Å². The van der Waals surface area contributed by atoms with Crippen molar-refractivity contribution in [3.05, 3.63) is 46.0 Å². The molecule has 0 spiro atoms. The first-order valence-electron chi connectivity index (χ1n) is 8.27. The van der Waals surface area contributed by atoms with E-state index in [1.807, 2.05) is 0 Å². The number of hydrogen-bond donors (Lipinski definition) is 0. The van der Waals surface area contributed by atoms with Crippen LogP contribution in [0.25, 0.3) is 0 Å². The number of nitro benzene ring substituents is 1. The van der Waals surface area contributed by atoms with Crippen molar-refractivity contribution < 1.29 is 28.7 Å². The Balaban J connectivity index is 1.80. The molecule has 1 fully saturated rings. The molecule has 28 heavy (non-hydrogen) atoms. The van der Waals surface area contributed by atoms with E-state index in [1.165, 1.54) is 36.9 Å². The maximum absolute atomic E-state index is 12.6. The molecule has 1 atom stereocenters. The Bertz CT molecular complexity index is 965. The molecule has 0 saturated carbocycles. The number of nitrogens with zero attached hydrogens (tertiary/aromatic N) is 2. The summed E-state index contributed by atoms with van der Waals surface area (Å²) in [4.78, 5) is 25.3. The Morgan fingerprint density at radius 2 is 1.86 bits per heavy atom. The average Bonchev–Trinajstić information content (AvgIpc) is 3.32. The highest BCUT2D eigenvalue weighted by atomic mass is 32.2. The fourth-order valence-electron chi connectivity index (χ4n) is 3.21. The summed E-state index contributed by atoms with van der Waals surface area (Å²) in [5.74, 6) is 1.77. The summed E-state index contributed by atoms with van der Waals surface area (Å²) in [7, 11) is 3.02. The number of ether oxygens (including phenoxy) is 4. The van der Waals surface area contributed by atoms with E-state index in [0.717, 1.165) is 0 Å². The standard InChI is InChI=1S/C18H16N2O7S/c1-24-13-4-3-10(5-14(13)25-2)19-17(21)8-28-18(19)11-6-15-16(27-9-26-15)7-12(11)20(22)23/h3-7,18H,8-9H2,1-2H3/t18-/m1/s1. The van der Waals surface area contributed by atoms with E-state index in [4.69, 9.17) is 18.9 Å². The Morgan fingerprint density at radius 1 is 1.14 bits per heavy atom. The highest BCUT2D eigenvalue weighted by Crippen LogP contribution is 2.49. The fraction of sp³-hybridized carbons (Fsp3) is 0.278. The molecule has 10 heteroatoms. The van der Waals surface area contributed by atoms with Crippen molar-refractivity contribution in [1.29, 1.82) is 0 Å². The van der Waals surface area contributed by atoms with E-state index >= 15 is 0 Å². The van der Waals surface area contributed by atoms with Crippen LogP contribution in [0.5, 0.6) is 23.0 Å². The molecule has 9 nitrogen and oxygen atoms in total. The van der Waals surface area contributed by atoms with Crippen molar-refractivity contribution in [1.82, 2.24) is 0 Å². The smallest absolute Gasteiger partial charge is 0.279 e. The molecule has 4 rings (SSSR count). The van der Waals surface area contributed by atoms with Crippen LogP contribution in [-0.2, 0) is 4.79 Å². The Kier molecular flexibility index (Phi) is 4.63. The second kappa shape index (κ2) is 7.12. The number of fused-ring (bicyclic) bond motifs is 1. The van der Waals surface area contributed by atoms with Gasteiger partial charge in [-0.2, -0.15) is 0 Å². The van der Waals surface area contributed by atoms with Gasteiger partial charge in [0, 0.05) is 11.8 Å². The summed E-state index contributed by atoms with van der Waals surface area (Å²) >= 11 is 1.31. The largest absolute Gasteiger partial charge is 0.493 e. The quantitative estimate of drug-likeness (QED) is 0.554. The molecule has 1 saturated heterocycles. The molecular weight excluding hydrogens is 388 g/mol. The van der Waals surface area contributed by atoms with Crippen molar-refractivity contribution in [3.63, 3.8) is 0 Å². The third-order valence-electron chi connectivity index (χ3n) is 4.50. The van der Waals surface area contributed by atoms with Crippen LogP contribution in [-0.4, -0.2) is 37.6 Å². The third kappa shape index (κ3) is 2.95. The molecule has 1 amide bonds. The number of hydrogen-bond acceptors (Lipinski definition) is 8. The first kappa shape index (κ1) is 18.2. The van der Waals surface area contributed by atoms with Gasteiger partial charge in [-0.1, -0.05) is 0 Å². The first-order valence-corrected chi connectivity index (χ1v) is 9.32. The lowest BCUT2D eigenvalue weighted by molar-refractivity contribution is -0.385. The van der Waals surface area contributed by atoms with Crippen LogP contribution in [0.2, 0.25) is 0 Å². The SMILES string of the molecule is COc1ccc(N2C(=O)CS[C@@H]2c2cc3c(cc2[N+](=O)[O-])OCO3)cc1OC. The summed E-state index contributed by atoms with van der Waals surface area (Å²) in [6.45, 7) is 0.00603. The predicted octanol–water partition coefficient (Wildman–Crippen LogP) is 3.12. The summed E-state index contributed by atoms with van der Waals surface area (Å²) < 4.78 is 21.2. The zero-order valence-electron chi connectivity index (χ0n) is 15.0. The number of carbonyl (C=O) groups is 1. The molecular formula is C18H16N2O7S. The van der Waals surface area contributed by atoms with Crippen LogP contribution in [0.4, 0.5) is 11.4 Å². The Morgan fingerprint density at radius 3 is 2.54 bits per heavy atom. The minimum atomic E-state index is -0.583. The Labute approximate surface area is 164 Å². The van der Waals surface area contributed by atoms with E-state index < -0.39 is 10.3 Å². The monoisotopic (exact) mass is 404 g/mol. The van der Waals surface area contributed by atoms with Gasteiger partial charge in [0.2, 0.25) is 12.7 Å². The Hall–Kier alpha value is -3.14. The van der Waals surface area contributed by atoms with Gasteiger partial charge in [0.05, 0.1) is 36.5 Å². The molecule has 0 aliphatic carbocycles. The molecule has 0 unspecified atom stereocenters.